The molecule has 7 atom stereocenters. The molecule has 1 saturated carbocycles. The van der Waals surface area contributed by atoms with Crippen molar-refractivity contribution in [3.8, 4) is 0 Å². The van der Waals surface area contributed by atoms with Crippen LogP contribution in [0.1, 0.15) is 51.6 Å². The Hall–Kier alpha value is -1.65. The van der Waals surface area contributed by atoms with Gasteiger partial charge in [-0.15, -0.1) is 0 Å². The lowest BCUT2D eigenvalue weighted by Crippen LogP contribution is -2.54. The molecule has 1 aromatic carbocycles. The van der Waals surface area contributed by atoms with E-state index in [1.165, 1.54) is 11.1 Å². The number of fused-ring (bicyclic) bond motifs is 2. The third-order valence-electron chi connectivity index (χ3n) is 7.51. The molecule has 3 aliphatic rings. The first-order valence-electron chi connectivity index (χ1n) is 10.3. The van der Waals surface area contributed by atoms with Crippen LogP contribution in [-0.2, 0) is 9.53 Å². The zero-order valence-corrected chi connectivity index (χ0v) is 16.5. The van der Waals surface area contributed by atoms with Crippen LogP contribution >= 0.6 is 0 Å². The monoisotopic (exact) mass is 369 g/mol. The van der Waals surface area contributed by atoms with Gasteiger partial charge in [0.15, 0.2) is 0 Å². The summed E-state index contributed by atoms with van der Waals surface area (Å²) in [6.07, 6.45) is 4.48. The van der Waals surface area contributed by atoms with Crippen LogP contribution in [0.3, 0.4) is 0 Å². The van der Waals surface area contributed by atoms with E-state index in [1.54, 1.807) is 0 Å². The third kappa shape index (κ3) is 3.03. The largest absolute Gasteiger partial charge is 0.461 e. The fourth-order valence-electron chi connectivity index (χ4n) is 5.46. The number of aliphatic hydroxyl groups is 1. The summed E-state index contributed by atoms with van der Waals surface area (Å²) in [6, 6.07) is 10.4. The van der Waals surface area contributed by atoms with E-state index in [-0.39, 0.29) is 35.4 Å². The molecule has 1 aromatic rings. The maximum absolute atomic E-state index is 12.6. The summed E-state index contributed by atoms with van der Waals surface area (Å²) in [7, 11) is 0. The van der Waals surface area contributed by atoms with E-state index in [9.17, 15) is 9.90 Å². The predicted molar refractivity (Wildman–Crippen MR) is 105 cm³/mol. The van der Waals surface area contributed by atoms with Crippen LogP contribution in [0.15, 0.2) is 42.0 Å². The van der Waals surface area contributed by atoms with E-state index >= 15 is 0 Å². The van der Waals surface area contributed by atoms with Crippen molar-refractivity contribution in [3.63, 3.8) is 0 Å². The molecule has 146 valence electrons. The fraction of sp³-hybridized carbons (Fsp3) is 0.609. The lowest BCUT2D eigenvalue weighted by atomic mass is 9.55. The number of rotatable bonds is 4. The minimum atomic E-state index is -0.539. The Morgan fingerprint density at radius 3 is 2.81 bits per heavy atom. The van der Waals surface area contributed by atoms with Gasteiger partial charge in [0.25, 0.3) is 0 Å². The SMILES string of the molecule is C[C@H](NC[C@@H]1C(=O)O[C@@H]2CC3=CCC[C@@H](C)[C@@]3(C)[C@@H](O)[C@@H]12)c1ccccc1. The van der Waals surface area contributed by atoms with Crippen molar-refractivity contribution >= 4 is 5.97 Å². The molecular formula is C23H31NO3. The van der Waals surface area contributed by atoms with Gasteiger partial charge in [0.05, 0.1) is 12.0 Å². The number of carbonyl (C=O) groups excluding carboxylic acids is 1. The molecule has 0 radical (unpaired) electrons. The van der Waals surface area contributed by atoms with E-state index in [1.807, 2.05) is 18.2 Å². The van der Waals surface area contributed by atoms with Crippen molar-refractivity contribution in [1.82, 2.24) is 5.32 Å². The Morgan fingerprint density at radius 2 is 2.07 bits per heavy atom. The molecule has 2 N–H and O–H groups in total. The maximum atomic E-state index is 12.6. The van der Waals surface area contributed by atoms with Crippen molar-refractivity contribution in [2.75, 3.05) is 6.54 Å². The van der Waals surface area contributed by atoms with E-state index in [0.29, 0.717) is 12.5 Å². The molecule has 1 saturated heterocycles. The van der Waals surface area contributed by atoms with E-state index in [4.69, 9.17) is 4.74 Å². The normalized spacial score (nSPS) is 39.2. The predicted octanol–water partition coefficient (Wildman–Crippen LogP) is 3.62. The highest BCUT2D eigenvalue weighted by Crippen LogP contribution is 2.55. The van der Waals surface area contributed by atoms with Gasteiger partial charge in [0.1, 0.15) is 6.10 Å². The van der Waals surface area contributed by atoms with Gasteiger partial charge < -0.3 is 15.2 Å². The molecule has 1 aliphatic heterocycles. The van der Waals surface area contributed by atoms with Gasteiger partial charge in [-0.05, 0) is 31.2 Å². The van der Waals surface area contributed by atoms with Crippen molar-refractivity contribution in [3.05, 3.63) is 47.5 Å². The molecule has 0 bridgehead atoms. The quantitative estimate of drug-likeness (QED) is 0.629. The number of benzene rings is 1. The molecule has 0 aromatic heterocycles. The third-order valence-corrected chi connectivity index (χ3v) is 7.51. The zero-order chi connectivity index (χ0) is 19.2. The minimum absolute atomic E-state index is 0.129. The molecule has 0 unspecified atom stereocenters. The second kappa shape index (κ2) is 7.06. The number of carbonyl (C=O) groups is 1. The van der Waals surface area contributed by atoms with Crippen molar-refractivity contribution < 1.29 is 14.6 Å². The van der Waals surface area contributed by atoms with Crippen LogP contribution in [0.4, 0.5) is 0 Å². The molecular weight excluding hydrogens is 338 g/mol. The summed E-state index contributed by atoms with van der Waals surface area (Å²) in [5, 5.41) is 14.9. The first-order chi connectivity index (χ1) is 12.9. The Bertz CT molecular complexity index is 730. The van der Waals surface area contributed by atoms with Crippen molar-refractivity contribution in [2.24, 2.45) is 23.2 Å². The number of allylic oxidation sites excluding steroid dienone is 1. The zero-order valence-electron chi connectivity index (χ0n) is 16.5. The number of nitrogens with one attached hydrogen (secondary N) is 1. The molecule has 0 spiro atoms. The van der Waals surface area contributed by atoms with E-state index in [2.05, 4.69) is 44.3 Å². The smallest absolute Gasteiger partial charge is 0.311 e. The molecule has 2 fully saturated rings. The number of hydrogen-bond acceptors (Lipinski definition) is 4. The second-order valence-corrected chi connectivity index (χ2v) is 8.84. The molecule has 2 aliphatic carbocycles. The lowest BCUT2D eigenvalue weighted by Gasteiger charge is -2.51. The number of aliphatic hydroxyl groups excluding tert-OH is 1. The van der Waals surface area contributed by atoms with Crippen LogP contribution in [-0.4, -0.2) is 29.8 Å². The van der Waals surface area contributed by atoms with Crippen LogP contribution in [0.25, 0.3) is 0 Å². The van der Waals surface area contributed by atoms with Gasteiger partial charge in [0.2, 0.25) is 0 Å². The standard InChI is InChI=1S/C23H31NO3/c1-14-8-7-11-17-12-19-20(21(25)23(14,17)3)18(22(26)27-19)13-24-15(2)16-9-5-4-6-10-16/h4-6,9-11,14-15,18-21,24-25H,7-8,12-13H2,1-3H3/t14-,15+,18+,19-,20+,21+,23-/m1/s1. The minimum Gasteiger partial charge on any atom is -0.461 e. The molecule has 0 amide bonds. The molecule has 1 heterocycles. The lowest BCUT2D eigenvalue weighted by molar-refractivity contribution is -0.144. The fourth-order valence-corrected chi connectivity index (χ4v) is 5.46. The summed E-state index contributed by atoms with van der Waals surface area (Å²) in [4.78, 5) is 12.6. The molecule has 27 heavy (non-hydrogen) atoms. The van der Waals surface area contributed by atoms with Crippen LogP contribution in [0.2, 0.25) is 0 Å². The Labute approximate surface area is 162 Å². The number of esters is 1. The van der Waals surface area contributed by atoms with Gasteiger partial charge in [-0.1, -0.05) is 55.8 Å². The summed E-state index contributed by atoms with van der Waals surface area (Å²) >= 11 is 0. The Morgan fingerprint density at radius 1 is 1.33 bits per heavy atom. The number of hydrogen-bond donors (Lipinski definition) is 2. The number of ether oxygens (including phenoxy) is 1. The van der Waals surface area contributed by atoms with Gasteiger partial charge in [-0.3, -0.25) is 4.79 Å². The Balaban J connectivity index is 1.52. The maximum Gasteiger partial charge on any atom is 0.311 e. The van der Waals surface area contributed by atoms with Gasteiger partial charge >= 0.3 is 5.97 Å². The van der Waals surface area contributed by atoms with E-state index < -0.39 is 6.10 Å². The Kier molecular flexibility index (Phi) is 4.89. The molecule has 4 nitrogen and oxygen atoms in total. The van der Waals surface area contributed by atoms with Gasteiger partial charge in [0, 0.05) is 30.3 Å². The highest BCUT2D eigenvalue weighted by atomic mass is 16.6. The topological polar surface area (TPSA) is 58.6 Å². The highest BCUT2D eigenvalue weighted by Gasteiger charge is 2.59. The summed E-state index contributed by atoms with van der Waals surface area (Å²) in [6.45, 7) is 7.06. The first kappa shape index (κ1) is 18.7. The summed E-state index contributed by atoms with van der Waals surface area (Å²) in [5.41, 5.74) is 2.24. The highest BCUT2D eigenvalue weighted by molar-refractivity contribution is 5.76. The second-order valence-electron chi connectivity index (χ2n) is 8.84. The summed E-state index contributed by atoms with van der Waals surface area (Å²) in [5.74, 6) is -0.160. The van der Waals surface area contributed by atoms with E-state index in [0.717, 1.165) is 19.3 Å². The van der Waals surface area contributed by atoms with Crippen molar-refractivity contribution in [2.45, 2.75) is 58.3 Å². The van der Waals surface area contributed by atoms with Gasteiger partial charge in [-0.2, -0.15) is 0 Å². The first-order valence-corrected chi connectivity index (χ1v) is 10.3. The van der Waals surface area contributed by atoms with Gasteiger partial charge in [-0.25, -0.2) is 0 Å². The molecule has 4 rings (SSSR count). The van der Waals surface area contributed by atoms with Crippen LogP contribution < -0.4 is 5.32 Å². The van der Waals surface area contributed by atoms with Crippen LogP contribution in [0, 0.1) is 23.2 Å². The average Bonchev–Trinajstić information content (AvgIpc) is 2.98. The summed E-state index contributed by atoms with van der Waals surface area (Å²) < 4.78 is 5.74. The molecule has 4 heteroatoms. The average molecular weight is 370 g/mol. The van der Waals surface area contributed by atoms with Crippen LogP contribution in [0.5, 0.6) is 0 Å². The van der Waals surface area contributed by atoms with Crippen molar-refractivity contribution in [1.29, 1.82) is 0 Å².